The third-order valence-electron chi connectivity index (χ3n) is 5.40. The highest BCUT2D eigenvalue weighted by molar-refractivity contribution is 6.04. The highest BCUT2D eigenvalue weighted by Crippen LogP contribution is 2.29. The fourth-order valence-electron chi connectivity index (χ4n) is 3.96. The van der Waals surface area contributed by atoms with Gasteiger partial charge in [0.15, 0.2) is 13.6 Å². The van der Waals surface area contributed by atoms with Crippen molar-refractivity contribution < 1.29 is 0 Å². The topological polar surface area (TPSA) is 75.0 Å². The van der Waals surface area contributed by atoms with E-state index in [9.17, 15) is 0 Å². The summed E-state index contributed by atoms with van der Waals surface area (Å²) in [6.07, 6.45) is 3.52. The van der Waals surface area contributed by atoms with Gasteiger partial charge in [0.05, 0.1) is 11.4 Å². The molecule has 0 bridgehead atoms. The van der Waals surface area contributed by atoms with Crippen molar-refractivity contribution in [1.29, 1.82) is 0 Å². The molecule has 0 aliphatic heterocycles. The van der Waals surface area contributed by atoms with E-state index in [1.54, 1.807) is 10.8 Å². The van der Waals surface area contributed by atoms with E-state index in [0.29, 0.717) is 6.54 Å². The molecule has 0 atom stereocenters. The summed E-state index contributed by atoms with van der Waals surface area (Å²) in [5.41, 5.74) is 7.93. The van der Waals surface area contributed by atoms with Gasteiger partial charge >= 0.3 is 0 Å². The van der Waals surface area contributed by atoms with Crippen LogP contribution >= 0.6 is 0 Å². The summed E-state index contributed by atoms with van der Waals surface area (Å²) in [7, 11) is 2.11. The number of fused-ring (bicyclic) bond motifs is 1. The quantitative estimate of drug-likeness (QED) is 0.426. The van der Waals surface area contributed by atoms with Crippen LogP contribution in [0.25, 0.3) is 28.3 Å². The maximum Gasteiger partial charge on any atom is 0.186 e. The van der Waals surface area contributed by atoms with Crippen molar-refractivity contribution >= 4 is 13.6 Å². The Balaban J connectivity index is 1.50. The van der Waals surface area contributed by atoms with Crippen LogP contribution in [0.15, 0.2) is 67.1 Å². The van der Waals surface area contributed by atoms with Gasteiger partial charge in [-0.25, -0.2) is 14.5 Å². The van der Waals surface area contributed by atoms with Gasteiger partial charge in [-0.1, -0.05) is 35.9 Å². The summed E-state index contributed by atoms with van der Waals surface area (Å²) in [6, 6.07) is 18.6. The molecular weight excluding hydrogens is 397 g/mol. The lowest BCUT2D eigenvalue weighted by Gasteiger charge is -2.16. The number of pyridine rings is 2. The molecule has 0 saturated heterocycles. The molecule has 4 heterocycles. The number of rotatable bonds is 6. The molecule has 0 spiro atoms. The van der Waals surface area contributed by atoms with E-state index in [2.05, 4.69) is 59.0 Å². The van der Waals surface area contributed by atoms with Gasteiger partial charge in [0.25, 0.3) is 0 Å². The molecule has 1 aromatic carbocycles. The minimum absolute atomic E-state index is 0.693. The van der Waals surface area contributed by atoms with Crippen LogP contribution in [0.5, 0.6) is 0 Å². The van der Waals surface area contributed by atoms with Crippen molar-refractivity contribution in [2.24, 2.45) is 0 Å². The van der Waals surface area contributed by atoms with Crippen molar-refractivity contribution in [3.8, 4) is 22.6 Å². The van der Waals surface area contributed by atoms with Gasteiger partial charge in [-0.2, -0.15) is 5.10 Å². The van der Waals surface area contributed by atoms with Crippen molar-refractivity contribution in [3.63, 3.8) is 0 Å². The summed E-state index contributed by atoms with van der Waals surface area (Å²) in [5.74, 6) is 0.896. The zero-order valence-electron chi connectivity index (χ0n) is 18.4. The Morgan fingerprint density at radius 2 is 1.88 bits per heavy atom. The monoisotopic (exact) mass is 421 g/mol. The van der Waals surface area contributed by atoms with E-state index in [-0.39, 0.29) is 0 Å². The second-order valence-electron chi connectivity index (χ2n) is 8.21. The molecule has 5 aromatic rings. The average Bonchev–Trinajstić information content (AvgIpc) is 3.40. The van der Waals surface area contributed by atoms with Crippen LogP contribution in [0.3, 0.4) is 0 Å². The Morgan fingerprint density at radius 1 is 1.00 bits per heavy atom. The van der Waals surface area contributed by atoms with E-state index in [0.717, 1.165) is 46.4 Å². The van der Waals surface area contributed by atoms with Crippen LogP contribution in [0.4, 0.5) is 0 Å². The molecular formula is C24H24BN7. The predicted octanol–water partition coefficient (Wildman–Crippen LogP) is 3.35. The normalized spacial score (nSPS) is 11.5. The molecule has 0 aliphatic carbocycles. The molecule has 0 saturated carbocycles. The minimum atomic E-state index is 0.693. The lowest BCUT2D eigenvalue weighted by molar-refractivity contribution is 0.432. The average molecular weight is 421 g/mol. The van der Waals surface area contributed by atoms with Gasteiger partial charge in [0, 0.05) is 30.5 Å². The molecule has 0 radical (unpaired) electrons. The Kier molecular flexibility index (Phi) is 5.29. The molecule has 158 valence electrons. The van der Waals surface area contributed by atoms with Gasteiger partial charge in [-0.3, -0.25) is 4.98 Å². The first kappa shape index (κ1) is 20.1. The van der Waals surface area contributed by atoms with Gasteiger partial charge in [-0.05, 0) is 43.7 Å². The van der Waals surface area contributed by atoms with Crippen molar-refractivity contribution in [3.05, 3.63) is 89.8 Å². The number of imidazole rings is 1. The summed E-state index contributed by atoms with van der Waals surface area (Å²) < 4.78 is 1.77. The van der Waals surface area contributed by atoms with Gasteiger partial charge < -0.3 is 9.79 Å². The maximum atomic E-state index is 4.96. The first-order valence-corrected chi connectivity index (χ1v) is 10.6. The molecule has 0 aliphatic rings. The lowest BCUT2D eigenvalue weighted by atomic mass is 10.1. The molecule has 4 aromatic heterocycles. The van der Waals surface area contributed by atoms with Crippen LogP contribution in [0.2, 0.25) is 0 Å². The summed E-state index contributed by atoms with van der Waals surface area (Å²) in [5, 5.41) is 4.28. The summed E-state index contributed by atoms with van der Waals surface area (Å²) in [6.45, 7) is 5.65. The van der Waals surface area contributed by atoms with Gasteiger partial charge in [0.1, 0.15) is 17.8 Å². The van der Waals surface area contributed by atoms with Crippen LogP contribution in [0, 0.1) is 13.8 Å². The zero-order chi connectivity index (χ0) is 22.1. The lowest BCUT2D eigenvalue weighted by Crippen LogP contribution is -2.19. The Morgan fingerprint density at radius 3 is 2.72 bits per heavy atom. The Bertz CT molecular complexity index is 1390. The highest BCUT2D eigenvalue weighted by atomic mass is 15.3. The third kappa shape index (κ3) is 4.17. The molecule has 5 rings (SSSR count). The van der Waals surface area contributed by atoms with Crippen molar-refractivity contribution in [2.45, 2.75) is 26.9 Å². The number of H-pyrrole nitrogens is 1. The number of hydrogen-bond acceptors (Lipinski definition) is 5. The second-order valence-corrected chi connectivity index (χ2v) is 8.21. The molecule has 8 heteroatoms. The van der Waals surface area contributed by atoms with Crippen LogP contribution < -0.4 is 0 Å². The molecule has 0 unspecified atom stereocenters. The largest absolute Gasteiger partial charge is 0.340 e. The van der Waals surface area contributed by atoms with E-state index in [1.807, 2.05) is 43.5 Å². The Hall–Kier alpha value is -3.78. The Labute approximate surface area is 187 Å². The second kappa shape index (κ2) is 8.40. The van der Waals surface area contributed by atoms with E-state index < -0.39 is 0 Å². The summed E-state index contributed by atoms with van der Waals surface area (Å²) >= 11 is 0. The minimum Gasteiger partial charge on any atom is -0.340 e. The van der Waals surface area contributed by atoms with E-state index in [4.69, 9.17) is 9.97 Å². The standard InChI is InChI=1S/C24H24BN7/c1-16-5-3-7-18(11-16)12-31(25)14-21-29-23(19-9-10-22-26-15-27-32(22)13-19)24(30-21)20-8-4-6-17(2)28-20/h3-11,13,15H,12,14,25H2,1-2H3,(H,29,30). The van der Waals surface area contributed by atoms with Crippen LogP contribution in [-0.2, 0) is 13.1 Å². The molecule has 0 fully saturated rings. The fraction of sp³-hybridized carbons (Fsp3) is 0.167. The van der Waals surface area contributed by atoms with Crippen molar-refractivity contribution in [1.82, 2.24) is 34.4 Å². The van der Waals surface area contributed by atoms with Crippen LogP contribution in [0.1, 0.15) is 22.6 Å². The molecule has 1 N–H and O–H groups in total. The third-order valence-corrected chi connectivity index (χ3v) is 5.40. The van der Waals surface area contributed by atoms with Crippen LogP contribution in [-0.4, -0.2) is 42.3 Å². The van der Waals surface area contributed by atoms with Gasteiger partial charge in [0.2, 0.25) is 0 Å². The number of nitrogens with zero attached hydrogens (tertiary/aromatic N) is 6. The first-order chi connectivity index (χ1) is 15.5. The van der Waals surface area contributed by atoms with E-state index in [1.165, 1.54) is 11.1 Å². The number of benzene rings is 1. The number of aryl methyl sites for hydroxylation is 2. The number of hydrogen-bond donors (Lipinski definition) is 1. The smallest absolute Gasteiger partial charge is 0.186 e. The van der Waals surface area contributed by atoms with E-state index >= 15 is 0 Å². The number of aromatic nitrogens is 6. The SMILES string of the molecule is BN(Cc1cccc(C)c1)Cc1nc(-c2cccc(C)n2)c(-c2ccc3ncnn3c2)[nH]1. The first-order valence-electron chi connectivity index (χ1n) is 10.6. The number of aromatic amines is 1. The maximum absolute atomic E-state index is 4.96. The molecule has 7 nitrogen and oxygen atoms in total. The highest BCUT2D eigenvalue weighted by Gasteiger charge is 2.17. The number of nitrogens with one attached hydrogen (secondary N) is 1. The van der Waals surface area contributed by atoms with Gasteiger partial charge in [-0.15, -0.1) is 0 Å². The molecule has 32 heavy (non-hydrogen) atoms. The summed E-state index contributed by atoms with van der Waals surface area (Å²) in [4.78, 5) is 19.7. The zero-order valence-corrected chi connectivity index (χ0v) is 18.4. The fourth-order valence-corrected chi connectivity index (χ4v) is 3.96. The van der Waals surface area contributed by atoms with Crippen molar-refractivity contribution in [2.75, 3.05) is 0 Å². The molecule has 0 amide bonds. The predicted molar refractivity (Wildman–Crippen MR) is 128 cm³/mol.